The summed E-state index contributed by atoms with van der Waals surface area (Å²) in [5, 5.41) is 0. The molecule has 0 aliphatic carbocycles. The van der Waals surface area contributed by atoms with Gasteiger partial charge in [0.25, 0.3) is 0 Å². The second-order valence-corrected chi connectivity index (χ2v) is 2.26. The average molecular weight is 189 g/mol. The first-order valence-electron chi connectivity index (χ1n) is 3.08. The van der Waals surface area contributed by atoms with Gasteiger partial charge in [0.1, 0.15) is 0 Å². The van der Waals surface area contributed by atoms with Crippen LogP contribution in [0.25, 0.3) is 0 Å². The average Bonchev–Trinajstić information content (AvgIpc) is 1.69. The summed E-state index contributed by atoms with van der Waals surface area (Å²) in [6, 6.07) is 0.565. The lowest BCUT2D eigenvalue weighted by Gasteiger charge is -2.20. The highest BCUT2D eigenvalue weighted by Crippen LogP contribution is 1.93. The van der Waals surface area contributed by atoms with Gasteiger partial charge in [0.05, 0.1) is 0 Å². The van der Waals surface area contributed by atoms with Crippen molar-refractivity contribution in [1.29, 1.82) is 0 Å². The lowest BCUT2D eigenvalue weighted by molar-refractivity contribution is 0.292. The van der Waals surface area contributed by atoms with E-state index in [1.165, 1.54) is 0 Å². The van der Waals surface area contributed by atoms with E-state index in [9.17, 15) is 0 Å². The summed E-state index contributed by atoms with van der Waals surface area (Å²) >= 11 is 0. The van der Waals surface area contributed by atoms with Crippen LogP contribution in [0.4, 0.5) is 0 Å². The first-order chi connectivity index (χ1) is 3.72. The molecule has 66 valence electrons. The van der Waals surface area contributed by atoms with E-state index in [-0.39, 0.29) is 24.8 Å². The molecule has 0 aromatic rings. The Morgan fingerprint density at radius 1 is 1.30 bits per heavy atom. The normalized spacial score (nSPS) is 11.7. The quantitative estimate of drug-likeness (QED) is 0.721. The zero-order valence-corrected chi connectivity index (χ0v) is 8.47. The van der Waals surface area contributed by atoms with E-state index in [0.717, 1.165) is 13.0 Å². The molecular formula is C6H18Cl2N2. The highest BCUT2D eigenvalue weighted by molar-refractivity contribution is 5.85. The maximum atomic E-state index is 5.44. The van der Waals surface area contributed by atoms with Gasteiger partial charge in [-0.15, -0.1) is 24.8 Å². The number of rotatable bonds is 3. The monoisotopic (exact) mass is 188 g/mol. The Hall–Kier alpha value is 0.500. The molecule has 0 bridgehead atoms. The highest BCUT2D eigenvalue weighted by atomic mass is 35.5. The zero-order valence-electron chi connectivity index (χ0n) is 6.83. The Morgan fingerprint density at radius 2 is 1.70 bits per heavy atom. The van der Waals surface area contributed by atoms with E-state index >= 15 is 0 Å². The summed E-state index contributed by atoms with van der Waals surface area (Å²) in [6.07, 6.45) is 1.14. The minimum absolute atomic E-state index is 0. The van der Waals surface area contributed by atoms with E-state index < -0.39 is 0 Å². The lowest BCUT2D eigenvalue weighted by Crippen LogP contribution is -2.34. The second-order valence-electron chi connectivity index (χ2n) is 2.26. The molecule has 0 aromatic carbocycles. The number of hydrogen-bond acceptors (Lipinski definition) is 2. The van der Waals surface area contributed by atoms with Crippen molar-refractivity contribution in [3.05, 3.63) is 0 Å². The van der Waals surface area contributed by atoms with Gasteiger partial charge < -0.3 is 10.6 Å². The van der Waals surface area contributed by atoms with E-state index in [0.29, 0.717) is 6.04 Å². The van der Waals surface area contributed by atoms with Crippen LogP contribution in [0.3, 0.4) is 0 Å². The summed E-state index contributed by atoms with van der Waals surface area (Å²) in [4.78, 5) is 2.15. The first-order valence-corrected chi connectivity index (χ1v) is 3.08. The fourth-order valence-corrected chi connectivity index (χ4v) is 0.743. The van der Waals surface area contributed by atoms with Gasteiger partial charge in [0, 0.05) is 12.6 Å². The SMILES string of the molecule is CC[C@@H](CN)N(C)C.Cl.Cl. The summed E-state index contributed by atoms with van der Waals surface area (Å²) in [5.41, 5.74) is 5.44. The molecular weight excluding hydrogens is 171 g/mol. The third-order valence-corrected chi connectivity index (χ3v) is 1.47. The van der Waals surface area contributed by atoms with Crippen molar-refractivity contribution >= 4 is 24.8 Å². The van der Waals surface area contributed by atoms with Crippen molar-refractivity contribution in [2.45, 2.75) is 19.4 Å². The third-order valence-electron chi connectivity index (χ3n) is 1.47. The second kappa shape index (κ2) is 9.50. The molecule has 0 fully saturated rings. The molecule has 0 saturated heterocycles. The molecule has 0 rings (SSSR count). The van der Waals surface area contributed by atoms with E-state index in [2.05, 4.69) is 25.9 Å². The van der Waals surface area contributed by atoms with Crippen LogP contribution in [-0.2, 0) is 0 Å². The van der Waals surface area contributed by atoms with Crippen LogP contribution in [0.15, 0.2) is 0 Å². The van der Waals surface area contributed by atoms with Gasteiger partial charge in [-0.25, -0.2) is 0 Å². The molecule has 0 unspecified atom stereocenters. The summed E-state index contributed by atoms with van der Waals surface area (Å²) < 4.78 is 0. The highest BCUT2D eigenvalue weighted by Gasteiger charge is 2.03. The zero-order chi connectivity index (χ0) is 6.57. The molecule has 0 amide bonds. The Kier molecular flexibility index (Phi) is 16.0. The predicted octanol–water partition coefficient (Wildman–Crippen LogP) is 1.13. The van der Waals surface area contributed by atoms with E-state index in [4.69, 9.17) is 5.73 Å². The smallest absolute Gasteiger partial charge is 0.0209 e. The van der Waals surface area contributed by atoms with Crippen LogP contribution in [0.1, 0.15) is 13.3 Å². The summed E-state index contributed by atoms with van der Waals surface area (Å²) in [7, 11) is 4.11. The van der Waals surface area contributed by atoms with Gasteiger partial charge in [0.2, 0.25) is 0 Å². The Morgan fingerprint density at radius 3 is 1.70 bits per heavy atom. The van der Waals surface area contributed by atoms with Crippen molar-refractivity contribution in [1.82, 2.24) is 4.90 Å². The molecule has 10 heavy (non-hydrogen) atoms. The number of halogens is 2. The standard InChI is InChI=1S/C6H16N2.2ClH/c1-4-6(5-7)8(2)3;;/h6H,4-5,7H2,1-3H3;2*1H/t6-;;/m0../s1. The topological polar surface area (TPSA) is 29.3 Å². The van der Waals surface area contributed by atoms with Gasteiger partial charge in [-0.05, 0) is 20.5 Å². The number of nitrogens with zero attached hydrogens (tertiary/aromatic N) is 1. The largest absolute Gasteiger partial charge is 0.329 e. The van der Waals surface area contributed by atoms with Crippen LogP contribution in [0.2, 0.25) is 0 Å². The Labute approximate surface area is 76.0 Å². The number of nitrogens with two attached hydrogens (primary N) is 1. The van der Waals surface area contributed by atoms with Crippen molar-refractivity contribution in [3.8, 4) is 0 Å². The van der Waals surface area contributed by atoms with Crippen LogP contribution in [-0.4, -0.2) is 31.6 Å². The maximum Gasteiger partial charge on any atom is 0.0209 e. The van der Waals surface area contributed by atoms with Gasteiger partial charge >= 0.3 is 0 Å². The molecule has 0 spiro atoms. The van der Waals surface area contributed by atoms with Crippen LogP contribution >= 0.6 is 24.8 Å². The number of hydrogen-bond donors (Lipinski definition) is 1. The molecule has 0 aliphatic heterocycles. The van der Waals surface area contributed by atoms with Crippen molar-refractivity contribution in [3.63, 3.8) is 0 Å². The van der Waals surface area contributed by atoms with Crippen LogP contribution in [0, 0.1) is 0 Å². The van der Waals surface area contributed by atoms with E-state index in [1.807, 2.05) is 0 Å². The molecule has 0 aliphatic rings. The minimum Gasteiger partial charge on any atom is -0.329 e. The van der Waals surface area contributed by atoms with Gasteiger partial charge in [-0.2, -0.15) is 0 Å². The number of likely N-dealkylation sites (N-methyl/N-ethyl adjacent to an activating group) is 1. The molecule has 0 aromatic heterocycles. The van der Waals surface area contributed by atoms with Crippen molar-refractivity contribution < 1.29 is 0 Å². The Balaban J connectivity index is -0.000000245. The summed E-state index contributed by atoms with van der Waals surface area (Å²) in [5.74, 6) is 0. The fourth-order valence-electron chi connectivity index (χ4n) is 0.743. The van der Waals surface area contributed by atoms with Gasteiger partial charge in [-0.1, -0.05) is 6.92 Å². The maximum absolute atomic E-state index is 5.44. The third kappa shape index (κ3) is 6.62. The van der Waals surface area contributed by atoms with E-state index in [1.54, 1.807) is 0 Å². The molecule has 0 radical (unpaired) electrons. The van der Waals surface area contributed by atoms with Gasteiger partial charge in [0.15, 0.2) is 0 Å². The van der Waals surface area contributed by atoms with Crippen molar-refractivity contribution in [2.75, 3.05) is 20.6 Å². The van der Waals surface area contributed by atoms with Crippen molar-refractivity contribution in [2.24, 2.45) is 5.73 Å². The first kappa shape index (κ1) is 16.8. The summed E-state index contributed by atoms with van der Waals surface area (Å²) in [6.45, 7) is 2.92. The molecule has 0 saturated carbocycles. The van der Waals surface area contributed by atoms with Crippen LogP contribution in [0.5, 0.6) is 0 Å². The molecule has 2 nitrogen and oxygen atoms in total. The Bertz CT molecular complexity index is 55.7. The minimum atomic E-state index is 0. The van der Waals surface area contributed by atoms with Gasteiger partial charge in [-0.3, -0.25) is 0 Å². The molecule has 2 N–H and O–H groups in total. The molecule has 1 atom stereocenters. The fraction of sp³-hybridized carbons (Fsp3) is 1.00. The molecule has 4 heteroatoms. The molecule has 0 heterocycles. The van der Waals surface area contributed by atoms with Crippen LogP contribution < -0.4 is 5.73 Å². The lowest BCUT2D eigenvalue weighted by atomic mass is 10.2. The predicted molar refractivity (Wildman–Crippen MR) is 51.3 cm³/mol.